The minimum atomic E-state index is -0.583. The number of hydrogen-bond donors (Lipinski definition) is 1. The molecule has 6 heteroatoms. The second kappa shape index (κ2) is 9.08. The summed E-state index contributed by atoms with van der Waals surface area (Å²) in [5.41, 5.74) is 1.38. The van der Waals surface area contributed by atoms with Gasteiger partial charge in [0.15, 0.2) is 0 Å². The highest BCUT2D eigenvalue weighted by Crippen LogP contribution is 2.15. The fraction of sp³-hybridized carbons (Fsp3) is 0.526. The van der Waals surface area contributed by atoms with Crippen LogP contribution in [0.3, 0.4) is 0 Å². The number of carbonyl (C=O) groups excluding carboxylic acids is 1. The number of amides is 1. The number of nitrogens with zero attached hydrogens (tertiary/aromatic N) is 3. The third-order valence-corrected chi connectivity index (χ3v) is 4.55. The maximum atomic E-state index is 13.3. The number of aliphatic hydroxyl groups excluding tert-OH is 1. The molecule has 1 heterocycles. The molecule has 1 aliphatic rings. The Kier molecular flexibility index (Phi) is 7.11. The van der Waals surface area contributed by atoms with E-state index in [1.807, 2.05) is 0 Å². The third kappa shape index (κ3) is 6.23. The van der Waals surface area contributed by atoms with Gasteiger partial charge < -0.3 is 14.9 Å². The van der Waals surface area contributed by atoms with Gasteiger partial charge in [-0.3, -0.25) is 9.69 Å². The number of hydrogen-bond acceptors (Lipinski definition) is 4. The van der Waals surface area contributed by atoms with E-state index in [0.29, 0.717) is 17.7 Å². The van der Waals surface area contributed by atoms with E-state index in [2.05, 4.69) is 16.8 Å². The molecule has 2 rings (SSSR count). The van der Waals surface area contributed by atoms with Crippen LogP contribution in [0, 0.1) is 5.82 Å². The van der Waals surface area contributed by atoms with Crippen LogP contribution in [0.4, 0.5) is 4.39 Å². The predicted molar refractivity (Wildman–Crippen MR) is 97.6 cm³/mol. The quantitative estimate of drug-likeness (QED) is 0.787. The SMILES string of the molecule is C/C(=C/C(=O)N(C)CC(O)CN1CCN(C)CC1)c1cccc(F)c1. The number of β-amino-alcohol motifs (C(OH)–C–C–N with tert-alkyl or cyclic N) is 1. The molecular formula is C19H28FN3O2. The molecule has 0 aliphatic carbocycles. The van der Waals surface area contributed by atoms with Crippen molar-refractivity contribution in [2.24, 2.45) is 0 Å². The van der Waals surface area contributed by atoms with Gasteiger partial charge in [-0.1, -0.05) is 12.1 Å². The van der Waals surface area contributed by atoms with Crippen LogP contribution in [-0.4, -0.2) is 85.2 Å². The van der Waals surface area contributed by atoms with Crippen molar-refractivity contribution >= 4 is 11.5 Å². The molecule has 1 N–H and O–H groups in total. The van der Waals surface area contributed by atoms with E-state index in [9.17, 15) is 14.3 Å². The van der Waals surface area contributed by atoms with E-state index < -0.39 is 6.10 Å². The summed E-state index contributed by atoms with van der Waals surface area (Å²) in [6.45, 7) is 6.49. The molecule has 1 amide bonds. The standard InChI is InChI=1S/C19H28FN3O2/c1-15(16-5-4-6-17(20)12-16)11-19(25)22(3)13-18(24)14-23-9-7-21(2)8-10-23/h4-6,11-12,18,24H,7-10,13-14H2,1-3H3/b15-11-. The van der Waals surface area contributed by atoms with Gasteiger partial charge in [0.2, 0.25) is 5.91 Å². The van der Waals surface area contributed by atoms with Crippen LogP contribution < -0.4 is 0 Å². The zero-order chi connectivity index (χ0) is 18.4. The van der Waals surface area contributed by atoms with Gasteiger partial charge in [0.05, 0.1) is 6.10 Å². The molecule has 0 aromatic heterocycles. The normalized spacial score (nSPS) is 18.2. The lowest BCUT2D eigenvalue weighted by Crippen LogP contribution is -2.48. The van der Waals surface area contributed by atoms with Crippen molar-refractivity contribution in [3.8, 4) is 0 Å². The number of benzene rings is 1. The summed E-state index contributed by atoms with van der Waals surface area (Å²) in [5, 5.41) is 10.3. The molecule has 1 atom stereocenters. The van der Waals surface area contributed by atoms with Crippen molar-refractivity contribution < 1.29 is 14.3 Å². The maximum Gasteiger partial charge on any atom is 0.246 e. The molecule has 0 bridgehead atoms. The van der Waals surface area contributed by atoms with Gasteiger partial charge in [-0.05, 0) is 37.2 Å². The average molecular weight is 349 g/mol. The van der Waals surface area contributed by atoms with Gasteiger partial charge in [-0.25, -0.2) is 4.39 Å². The average Bonchev–Trinajstić information content (AvgIpc) is 2.56. The van der Waals surface area contributed by atoms with Crippen molar-refractivity contribution in [3.63, 3.8) is 0 Å². The summed E-state index contributed by atoms with van der Waals surface area (Å²) < 4.78 is 13.3. The number of carbonyl (C=O) groups is 1. The molecule has 1 unspecified atom stereocenters. The molecule has 138 valence electrons. The van der Waals surface area contributed by atoms with E-state index in [1.165, 1.54) is 23.1 Å². The molecule has 1 saturated heterocycles. The Labute approximate surface area is 149 Å². The highest BCUT2D eigenvalue weighted by molar-refractivity contribution is 5.94. The summed E-state index contributed by atoms with van der Waals surface area (Å²) in [4.78, 5) is 18.3. The van der Waals surface area contributed by atoms with Gasteiger partial charge in [0, 0.05) is 52.4 Å². The number of piperazine rings is 1. The second-order valence-corrected chi connectivity index (χ2v) is 6.81. The van der Waals surface area contributed by atoms with Crippen molar-refractivity contribution in [2.45, 2.75) is 13.0 Å². The van der Waals surface area contributed by atoms with E-state index >= 15 is 0 Å². The molecule has 1 aliphatic heterocycles. The lowest BCUT2D eigenvalue weighted by atomic mass is 10.1. The molecule has 25 heavy (non-hydrogen) atoms. The fourth-order valence-electron chi connectivity index (χ4n) is 2.90. The Morgan fingerprint density at radius 1 is 1.36 bits per heavy atom. The van der Waals surface area contributed by atoms with Crippen molar-refractivity contribution in [2.75, 3.05) is 53.4 Å². The number of rotatable bonds is 6. The molecule has 0 radical (unpaired) electrons. The van der Waals surface area contributed by atoms with Crippen molar-refractivity contribution in [1.82, 2.24) is 14.7 Å². The van der Waals surface area contributed by atoms with Gasteiger partial charge in [-0.15, -0.1) is 0 Å². The van der Waals surface area contributed by atoms with Crippen LogP contribution in [0.5, 0.6) is 0 Å². The zero-order valence-corrected chi connectivity index (χ0v) is 15.3. The second-order valence-electron chi connectivity index (χ2n) is 6.81. The first-order chi connectivity index (χ1) is 11.8. The zero-order valence-electron chi connectivity index (χ0n) is 15.3. The fourth-order valence-corrected chi connectivity index (χ4v) is 2.90. The summed E-state index contributed by atoms with van der Waals surface area (Å²) in [7, 11) is 3.76. The number of halogens is 1. The van der Waals surface area contributed by atoms with Crippen LogP contribution in [0.1, 0.15) is 12.5 Å². The molecule has 0 saturated carbocycles. The summed E-state index contributed by atoms with van der Waals surface area (Å²) in [5.74, 6) is -0.521. The van der Waals surface area contributed by atoms with Crippen LogP contribution in [0.25, 0.3) is 5.57 Å². The number of allylic oxidation sites excluding steroid dienone is 1. The van der Waals surface area contributed by atoms with E-state index in [0.717, 1.165) is 26.2 Å². The van der Waals surface area contributed by atoms with Gasteiger partial charge in [0.25, 0.3) is 0 Å². The molecule has 1 aromatic carbocycles. The Balaban J connectivity index is 1.85. The van der Waals surface area contributed by atoms with Crippen molar-refractivity contribution in [1.29, 1.82) is 0 Å². The first kappa shape index (κ1) is 19.6. The predicted octanol–water partition coefficient (Wildman–Crippen LogP) is 1.30. The minimum absolute atomic E-state index is 0.195. The molecule has 1 fully saturated rings. The van der Waals surface area contributed by atoms with Crippen LogP contribution in [-0.2, 0) is 4.79 Å². The maximum absolute atomic E-state index is 13.3. The highest BCUT2D eigenvalue weighted by atomic mass is 19.1. The first-order valence-corrected chi connectivity index (χ1v) is 8.63. The topological polar surface area (TPSA) is 47.0 Å². The Morgan fingerprint density at radius 3 is 2.68 bits per heavy atom. The lowest BCUT2D eigenvalue weighted by Gasteiger charge is -2.34. The minimum Gasteiger partial charge on any atom is -0.390 e. The van der Waals surface area contributed by atoms with Gasteiger partial charge >= 0.3 is 0 Å². The van der Waals surface area contributed by atoms with Crippen LogP contribution in [0.15, 0.2) is 30.3 Å². The molecule has 0 spiro atoms. The number of likely N-dealkylation sites (N-methyl/N-ethyl adjacent to an activating group) is 2. The monoisotopic (exact) mass is 349 g/mol. The molecular weight excluding hydrogens is 321 g/mol. The van der Waals surface area contributed by atoms with Gasteiger partial charge in [-0.2, -0.15) is 0 Å². The van der Waals surface area contributed by atoms with Crippen LogP contribution >= 0.6 is 0 Å². The number of aliphatic hydroxyl groups is 1. The largest absolute Gasteiger partial charge is 0.390 e. The lowest BCUT2D eigenvalue weighted by molar-refractivity contribution is -0.126. The van der Waals surface area contributed by atoms with E-state index in [1.54, 1.807) is 26.1 Å². The van der Waals surface area contributed by atoms with Crippen molar-refractivity contribution in [3.05, 3.63) is 41.7 Å². The molecule has 5 nitrogen and oxygen atoms in total. The summed E-state index contributed by atoms with van der Waals surface area (Å²) in [6, 6.07) is 6.17. The summed E-state index contributed by atoms with van der Waals surface area (Å²) in [6.07, 6.45) is 0.900. The first-order valence-electron chi connectivity index (χ1n) is 8.63. The Hall–Kier alpha value is -1.76. The van der Waals surface area contributed by atoms with E-state index in [-0.39, 0.29) is 18.3 Å². The Morgan fingerprint density at radius 2 is 2.04 bits per heavy atom. The molecule has 1 aromatic rings. The Bertz CT molecular complexity index is 612. The van der Waals surface area contributed by atoms with Gasteiger partial charge in [0.1, 0.15) is 5.82 Å². The smallest absolute Gasteiger partial charge is 0.246 e. The third-order valence-electron chi connectivity index (χ3n) is 4.55. The van der Waals surface area contributed by atoms with Crippen LogP contribution in [0.2, 0.25) is 0 Å². The summed E-state index contributed by atoms with van der Waals surface area (Å²) >= 11 is 0. The highest BCUT2D eigenvalue weighted by Gasteiger charge is 2.19. The van der Waals surface area contributed by atoms with E-state index in [4.69, 9.17) is 0 Å².